The summed E-state index contributed by atoms with van der Waals surface area (Å²) in [5.41, 5.74) is 2.61. The predicted molar refractivity (Wildman–Crippen MR) is 135 cm³/mol. The Hall–Kier alpha value is -1.71. The number of aryl methyl sites for hydroxylation is 2. The van der Waals surface area contributed by atoms with Gasteiger partial charge in [0.15, 0.2) is 15.0 Å². The van der Waals surface area contributed by atoms with E-state index in [9.17, 15) is 13.2 Å². The Morgan fingerprint density at radius 2 is 1.72 bits per heavy atom. The minimum Gasteiger partial charge on any atom is -0.308 e. The summed E-state index contributed by atoms with van der Waals surface area (Å²) in [6, 6.07) is 10.4. The SMILES string of the molecule is Cc1ccc(S(=O)(=O)CCC(=O)N(CCN(C)C)c2nc3c(C)c(Cl)ccc3s2)cc1.Cl. The van der Waals surface area contributed by atoms with Gasteiger partial charge in [-0.15, -0.1) is 12.4 Å². The summed E-state index contributed by atoms with van der Waals surface area (Å²) >= 11 is 7.63. The predicted octanol–water partition coefficient (Wildman–Crippen LogP) is 4.75. The molecule has 0 aliphatic heterocycles. The summed E-state index contributed by atoms with van der Waals surface area (Å²) in [7, 11) is 0.298. The lowest BCUT2D eigenvalue weighted by Gasteiger charge is -2.22. The number of sulfone groups is 1. The number of hydrogen-bond donors (Lipinski definition) is 0. The molecule has 6 nitrogen and oxygen atoms in total. The highest BCUT2D eigenvalue weighted by Crippen LogP contribution is 2.33. The van der Waals surface area contributed by atoms with Crippen molar-refractivity contribution in [3.8, 4) is 0 Å². The van der Waals surface area contributed by atoms with Gasteiger partial charge in [-0.2, -0.15) is 0 Å². The van der Waals surface area contributed by atoms with Gasteiger partial charge in [0, 0.05) is 24.5 Å². The van der Waals surface area contributed by atoms with Crippen LogP contribution in [0.2, 0.25) is 5.02 Å². The number of aromatic nitrogens is 1. The van der Waals surface area contributed by atoms with Crippen molar-refractivity contribution in [3.05, 3.63) is 52.5 Å². The summed E-state index contributed by atoms with van der Waals surface area (Å²) in [6.07, 6.45) is -0.112. The van der Waals surface area contributed by atoms with E-state index in [0.717, 1.165) is 21.3 Å². The number of benzene rings is 2. The summed E-state index contributed by atoms with van der Waals surface area (Å²) < 4.78 is 26.3. The highest BCUT2D eigenvalue weighted by Gasteiger charge is 2.23. The number of hydrogen-bond acceptors (Lipinski definition) is 6. The van der Waals surface area contributed by atoms with Crippen molar-refractivity contribution < 1.29 is 13.2 Å². The second-order valence-electron chi connectivity index (χ2n) is 7.75. The Bertz CT molecular complexity index is 1190. The van der Waals surface area contributed by atoms with E-state index in [1.165, 1.54) is 11.3 Å². The number of anilines is 1. The van der Waals surface area contributed by atoms with Crippen molar-refractivity contribution >= 4 is 66.4 Å². The van der Waals surface area contributed by atoms with E-state index >= 15 is 0 Å². The first-order valence-corrected chi connectivity index (χ1v) is 12.7. The van der Waals surface area contributed by atoms with Gasteiger partial charge < -0.3 is 4.90 Å². The molecule has 2 aromatic carbocycles. The number of carbonyl (C=O) groups excluding carboxylic acids is 1. The number of nitrogens with zero attached hydrogens (tertiary/aromatic N) is 3. The molecule has 0 radical (unpaired) electrons. The fraction of sp³-hybridized carbons (Fsp3) is 0.364. The van der Waals surface area contributed by atoms with E-state index in [-0.39, 0.29) is 35.4 Å². The van der Waals surface area contributed by atoms with Crippen LogP contribution in [0.25, 0.3) is 10.2 Å². The van der Waals surface area contributed by atoms with Crippen molar-refractivity contribution in [1.29, 1.82) is 0 Å². The van der Waals surface area contributed by atoms with Crippen LogP contribution in [0.3, 0.4) is 0 Å². The Labute approximate surface area is 204 Å². The van der Waals surface area contributed by atoms with Gasteiger partial charge in [0.1, 0.15) is 0 Å². The van der Waals surface area contributed by atoms with Crippen molar-refractivity contribution in [1.82, 2.24) is 9.88 Å². The van der Waals surface area contributed by atoms with Gasteiger partial charge in [-0.25, -0.2) is 13.4 Å². The highest BCUT2D eigenvalue weighted by atomic mass is 35.5. The molecule has 0 unspecified atom stereocenters. The van der Waals surface area contributed by atoms with Crippen LogP contribution in [-0.4, -0.2) is 57.1 Å². The fourth-order valence-corrected chi connectivity index (χ4v) is 5.50. The lowest BCUT2D eigenvalue weighted by atomic mass is 10.2. The van der Waals surface area contributed by atoms with Crippen molar-refractivity contribution in [3.63, 3.8) is 0 Å². The molecule has 0 aliphatic carbocycles. The van der Waals surface area contributed by atoms with Crippen LogP contribution in [0.5, 0.6) is 0 Å². The molecule has 0 aliphatic rings. The minimum atomic E-state index is -3.55. The Balaban J connectivity index is 0.00000363. The largest absolute Gasteiger partial charge is 0.308 e. The highest BCUT2D eigenvalue weighted by molar-refractivity contribution is 7.91. The third-order valence-corrected chi connectivity index (χ3v) is 8.19. The molecule has 174 valence electrons. The molecule has 0 saturated heterocycles. The van der Waals surface area contributed by atoms with Gasteiger partial charge in [0.05, 0.1) is 20.9 Å². The van der Waals surface area contributed by atoms with Crippen molar-refractivity contribution in [2.75, 3.05) is 37.8 Å². The molecule has 1 amide bonds. The van der Waals surface area contributed by atoms with Crippen LogP contribution in [0.4, 0.5) is 5.13 Å². The first kappa shape index (κ1) is 26.5. The second-order valence-corrected chi connectivity index (χ2v) is 11.3. The zero-order chi connectivity index (χ0) is 22.8. The Kier molecular flexibility index (Phi) is 9.07. The van der Waals surface area contributed by atoms with Gasteiger partial charge in [-0.1, -0.05) is 40.6 Å². The van der Waals surface area contributed by atoms with E-state index in [1.807, 2.05) is 45.0 Å². The smallest absolute Gasteiger partial charge is 0.229 e. The van der Waals surface area contributed by atoms with Crippen molar-refractivity contribution in [2.24, 2.45) is 0 Å². The van der Waals surface area contributed by atoms with Gasteiger partial charge >= 0.3 is 0 Å². The second kappa shape index (κ2) is 10.9. The number of carbonyl (C=O) groups is 1. The summed E-state index contributed by atoms with van der Waals surface area (Å²) in [4.78, 5) is 21.5. The van der Waals surface area contributed by atoms with E-state index < -0.39 is 9.84 Å². The zero-order valence-electron chi connectivity index (χ0n) is 18.5. The molecule has 1 heterocycles. The summed E-state index contributed by atoms with van der Waals surface area (Å²) in [5.74, 6) is -0.510. The molecule has 0 saturated carbocycles. The maximum Gasteiger partial charge on any atom is 0.229 e. The van der Waals surface area contributed by atoms with Gasteiger partial charge in [-0.05, 0) is 57.8 Å². The number of likely N-dealkylation sites (N-methyl/N-ethyl adjacent to an activating group) is 1. The molecule has 3 rings (SSSR count). The molecule has 0 atom stereocenters. The molecular weight excluding hydrogens is 489 g/mol. The lowest BCUT2D eigenvalue weighted by molar-refractivity contribution is -0.118. The van der Waals surface area contributed by atoms with E-state index in [1.54, 1.807) is 29.2 Å². The standard InChI is InChI=1S/C22H26ClN3O3S2.ClH/c1-15-5-7-17(8-6-15)31(28,29)14-11-20(27)26(13-12-25(3)4)22-24-21-16(2)18(23)9-10-19(21)30-22;/h5-10H,11-14H2,1-4H3;1H. The van der Waals surface area contributed by atoms with Crippen molar-refractivity contribution in [2.45, 2.75) is 25.2 Å². The number of thiazole rings is 1. The van der Waals surface area contributed by atoms with Crippen LogP contribution in [0, 0.1) is 13.8 Å². The number of rotatable bonds is 8. The van der Waals surface area contributed by atoms with E-state index in [2.05, 4.69) is 4.98 Å². The Morgan fingerprint density at radius 3 is 2.34 bits per heavy atom. The maximum absolute atomic E-state index is 13.1. The fourth-order valence-electron chi connectivity index (χ4n) is 3.05. The van der Waals surface area contributed by atoms with Gasteiger partial charge in [0.2, 0.25) is 5.91 Å². The molecule has 3 aromatic rings. The molecule has 32 heavy (non-hydrogen) atoms. The van der Waals surface area contributed by atoms with Crippen LogP contribution in [0.1, 0.15) is 17.5 Å². The number of halogens is 2. The van der Waals surface area contributed by atoms with Crippen LogP contribution >= 0.6 is 35.3 Å². The monoisotopic (exact) mass is 515 g/mol. The quantitative estimate of drug-likeness (QED) is 0.432. The molecule has 0 spiro atoms. The maximum atomic E-state index is 13.1. The molecule has 1 aromatic heterocycles. The number of fused-ring (bicyclic) bond motifs is 1. The third kappa shape index (κ3) is 6.20. The minimum absolute atomic E-state index is 0. The summed E-state index contributed by atoms with van der Waals surface area (Å²) in [6.45, 7) is 4.85. The number of amides is 1. The molecular formula is C22H27Cl2N3O3S2. The van der Waals surface area contributed by atoms with E-state index in [0.29, 0.717) is 23.2 Å². The molecule has 0 bridgehead atoms. The molecule has 0 N–H and O–H groups in total. The lowest BCUT2D eigenvalue weighted by Crippen LogP contribution is -2.37. The van der Waals surface area contributed by atoms with E-state index in [4.69, 9.17) is 11.6 Å². The van der Waals surface area contributed by atoms with Crippen LogP contribution < -0.4 is 4.90 Å². The normalized spacial score (nSPS) is 11.6. The third-order valence-electron chi connectivity index (χ3n) is 5.00. The summed E-state index contributed by atoms with van der Waals surface area (Å²) in [5, 5.41) is 1.18. The molecule has 0 fully saturated rings. The average molecular weight is 517 g/mol. The van der Waals surface area contributed by atoms with Crippen LogP contribution in [-0.2, 0) is 14.6 Å². The van der Waals surface area contributed by atoms with Gasteiger partial charge in [0.25, 0.3) is 0 Å². The zero-order valence-corrected chi connectivity index (χ0v) is 21.7. The average Bonchev–Trinajstić information content (AvgIpc) is 3.14. The first-order chi connectivity index (χ1) is 14.6. The first-order valence-electron chi connectivity index (χ1n) is 9.88. The topological polar surface area (TPSA) is 70.6 Å². The van der Waals surface area contributed by atoms with Crippen LogP contribution in [0.15, 0.2) is 41.3 Å². The Morgan fingerprint density at radius 1 is 1.06 bits per heavy atom. The molecule has 10 heteroatoms. The van der Waals surface area contributed by atoms with Gasteiger partial charge in [-0.3, -0.25) is 9.69 Å².